The van der Waals surface area contributed by atoms with Crippen molar-refractivity contribution in [3.8, 4) is 0 Å². The van der Waals surface area contributed by atoms with E-state index in [4.69, 9.17) is 28.4 Å². The molecule has 17 atom stereocenters. The maximum atomic E-state index is 13.4. The van der Waals surface area contributed by atoms with Gasteiger partial charge in [-0.3, -0.25) is 4.79 Å². The van der Waals surface area contributed by atoms with Crippen LogP contribution >= 0.6 is 0 Å². The average molecular weight is 1300 g/mol. The Labute approximate surface area is 549 Å². The maximum Gasteiger partial charge on any atom is 0.220 e. The van der Waals surface area contributed by atoms with E-state index in [1.807, 2.05) is 0 Å². The minimum absolute atomic E-state index is 0.247. The fourth-order valence-electron chi connectivity index (χ4n) is 12.8. The molecule has 0 radical (unpaired) electrons. The molecule has 19 heteroatoms. The fourth-order valence-corrected chi connectivity index (χ4v) is 12.8. The number of carbonyl (C=O) groups is 1. The van der Waals surface area contributed by atoms with Crippen molar-refractivity contribution in [3.05, 3.63) is 24.3 Å². The van der Waals surface area contributed by atoms with Gasteiger partial charge in [0.1, 0.15) is 73.2 Å². The van der Waals surface area contributed by atoms with E-state index in [2.05, 4.69) is 43.5 Å². The fraction of sp³-hybridized carbons (Fsp3) is 0.931. The summed E-state index contributed by atoms with van der Waals surface area (Å²) in [5.41, 5.74) is 0. The molecule has 0 bridgehead atoms. The molecule has 3 saturated heterocycles. The Morgan fingerprint density at radius 3 is 1.14 bits per heavy atom. The molecule has 0 aromatic rings. The molecule has 0 aromatic carbocycles. The Balaban J connectivity index is 1.39. The summed E-state index contributed by atoms with van der Waals surface area (Å²) in [6.45, 7) is 1.80. The van der Waals surface area contributed by atoms with Crippen LogP contribution in [-0.4, -0.2) is 193 Å². The van der Waals surface area contributed by atoms with Crippen LogP contribution in [0.2, 0.25) is 0 Å². The molecule has 3 fully saturated rings. The summed E-state index contributed by atoms with van der Waals surface area (Å²) < 4.78 is 34.4. The number of ether oxygens (including phenoxy) is 6. The van der Waals surface area contributed by atoms with Crippen molar-refractivity contribution >= 4 is 5.91 Å². The molecule has 3 heterocycles. The van der Waals surface area contributed by atoms with E-state index >= 15 is 0 Å². The van der Waals surface area contributed by atoms with E-state index in [0.717, 1.165) is 77.0 Å². The van der Waals surface area contributed by atoms with Gasteiger partial charge in [0.25, 0.3) is 0 Å². The van der Waals surface area contributed by atoms with Crippen LogP contribution in [0.5, 0.6) is 0 Å². The van der Waals surface area contributed by atoms with Crippen LogP contribution in [0.25, 0.3) is 0 Å². The van der Waals surface area contributed by atoms with E-state index < -0.39 is 124 Å². The number of aliphatic hydroxyl groups is 11. The molecule has 536 valence electrons. The van der Waals surface area contributed by atoms with Crippen molar-refractivity contribution in [2.45, 2.75) is 401 Å². The molecule has 1 amide bonds. The van der Waals surface area contributed by atoms with Gasteiger partial charge in [-0.1, -0.05) is 269 Å². The first-order valence-electron chi connectivity index (χ1n) is 37.1. The lowest BCUT2D eigenvalue weighted by atomic mass is 9.96. The lowest BCUT2D eigenvalue weighted by molar-refractivity contribution is -0.379. The van der Waals surface area contributed by atoms with Gasteiger partial charge in [0.05, 0.1) is 38.6 Å². The number of nitrogens with one attached hydrogen (secondary N) is 1. The largest absolute Gasteiger partial charge is 0.394 e. The van der Waals surface area contributed by atoms with Crippen LogP contribution < -0.4 is 5.32 Å². The minimum Gasteiger partial charge on any atom is -0.394 e. The second-order valence-corrected chi connectivity index (χ2v) is 26.8. The molecule has 0 aromatic heterocycles. The highest BCUT2D eigenvalue weighted by Gasteiger charge is 2.53. The summed E-state index contributed by atoms with van der Waals surface area (Å²) >= 11 is 0. The SMILES string of the molecule is CCCCC/C=C\C/C=C\CCCCCCCCCC(=O)NC(COC1OC(CO)C(OC2OC(CO)C(OC3OC(CO)C(O)C(O)C3O)C(O)C2O)C(O)C1O)C(O)CCCCCCCCCCCCCCCCCCCCCCCCCCCCCCC. The van der Waals surface area contributed by atoms with Gasteiger partial charge in [-0.15, -0.1) is 0 Å². The molecule has 19 nitrogen and oxygen atoms in total. The molecule has 12 N–H and O–H groups in total. The number of unbranched alkanes of at least 4 members (excludes halogenated alkanes) is 38. The Kier molecular flexibility index (Phi) is 49.8. The van der Waals surface area contributed by atoms with Gasteiger partial charge in [-0.05, 0) is 44.9 Å². The zero-order valence-corrected chi connectivity index (χ0v) is 56.8. The summed E-state index contributed by atoms with van der Waals surface area (Å²) in [6, 6.07) is -0.891. The van der Waals surface area contributed by atoms with Gasteiger partial charge < -0.3 is 89.9 Å². The van der Waals surface area contributed by atoms with Crippen LogP contribution in [0.4, 0.5) is 0 Å². The molecular weight excluding hydrogens is 1170 g/mol. The second-order valence-electron chi connectivity index (χ2n) is 26.8. The molecule has 3 rings (SSSR count). The number of aliphatic hydroxyl groups excluding tert-OH is 11. The first-order chi connectivity index (χ1) is 44.3. The Morgan fingerprint density at radius 2 is 0.725 bits per heavy atom. The first kappa shape index (κ1) is 83.5. The normalized spacial score (nSPS) is 27.9. The summed E-state index contributed by atoms with van der Waals surface area (Å²) in [5.74, 6) is -0.247. The number of hydrogen-bond acceptors (Lipinski definition) is 18. The van der Waals surface area contributed by atoms with E-state index in [-0.39, 0.29) is 18.9 Å². The summed E-state index contributed by atoms with van der Waals surface area (Å²) in [5, 5.41) is 121. The Morgan fingerprint density at radius 1 is 0.396 bits per heavy atom. The standard InChI is InChI=1S/C72H135NO18/c1-3-5-7-9-11-13-15-17-19-21-22-23-24-25-26-27-28-29-30-31-32-34-35-37-39-41-43-45-47-49-56(77)55(73-60(78)50-48-46-44-42-40-38-36-33-20-18-16-14-12-10-8-6-4-2)54-86-70-66(84)63(81)68(58(52-75)88-70)91-72-67(85)64(82)69(59(53-76)89-72)90-71-65(83)62(80)61(79)57(51-74)87-71/h12,14,18,20,55-59,61-72,74-77,79-85H,3-11,13,15-17,19,21-54H2,1-2H3,(H,73,78)/b14-12-,20-18-. The predicted octanol–water partition coefficient (Wildman–Crippen LogP) is 10.6. The van der Waals surface area contributed by atoms with Gasteiger partial charge in [-0.2, -0.15) is 0 Å². The Bertz CT molecular complexity index is 1750. The smallest absolute Gasteiger partial charge is 0.220 e. The van der Waals surface area contributed by atoms with Gasteiger partial charge >= 0.3 is 0 Å². The molecule has 0 spiro atoms. The predicted molar refractivity (Wildman–Crippen MR) is 356 cm³/mol. The number of rotatable bonds is 58. The van der Waals surface area contributed by atoms with Crippen LogP contribution in [0.15, 0.2) is 24.3 Å². The third kappa shape index (κ3) is 35.9. The van der Waals surface area contributed by atoms with Crippen molar-refractivity contribution < 1.29 is 89.4 Å². The van der Waals surface area contributed by atoms with E-state index in [1.54, 1.807) is 0 Å². The van der Waals surface area contributed by atoms with Crippen molar-refractivity contribution in [2.75, 3.05) is 26.4 Å². The number of amides is 1. The lowest BCUT2D eigenvalue weighted by Crippen LogP contribution is -2.66. The molecule has 91 heavy (non-hydrogen) atoms. The van der Waals surface area contributed by atoms with E-state index in [9.17, 15) is 61.0 Å². The van der Waals surface area contributed by atoms with Crippen molar-refractivity contribution in [1.29, 1.82) is 0 Å². The van der Waals surface area contributed by atoms with Crippen molar-refractivity contribution in [2.24, 2.45) is 0 Å². The molecular formula is C72H135NO18. The maximum absolute atomic E-state index is 13.4. The molecule has 3 aliphatic heterocycles. The van der Waals surface area contributed by atoms with Gasteiger partial charge in [-0.25, -0.2) is 0 Å². The first-order valence-corrected chi connectivity index (χ1v) is 37.1. The summed E-state index contributed by atoms with van der Waals surface area (Å²) in [4.78, 5) is 13.4. The number of carbonyl (C=O) groups excluding carboxylic acids is 1. The average Bonchev–Trinajstić information content (AvgIpc) is 0.885. The van der Waals surface area contributed by atoms with Crippen LogP contribution in [0.1, 0.15) is 296 Å². The van der Waals surface area contributed by atoms with E-state index in [0.29, 0.717) is 12.8 Å². The van der Waals surface area contributed by atoms with Crippen LogP contribution in [0.3, 0.4) is 0 Å². The minimum atomic E-state index is -1.97. The summed E-state index contributed by atoms with van der Waals surface area (Å²) in [7, 11) is 0. The van der Waals surface area contributed by atoms with Gasteiger partial charge in [0.15, 0.2) is 18.9 Å². The molecule has 17 unspecified atom stereocenters. The number of allylic oxidation sites excluding steroid dienone is 4. The quantitative estimate of drug-likeness (QED) is 0.0199. The zero-order valence-electron chi connectivity index (χ0n) is 56.8. The highest BCUT2D eigenvalue weighted by atomic mass is 16.8. The summed E-state index contributed by atoms with van der Waals surface area (Å²) in [6.07, 6.45) is 35.5. The lowest BCUT2D eigenvalue weighted by Gasteiger charge is -2.48. The third-order valence-corrected chi connectivity index (χ3v) is 18.8. The van der Waals surface area contributed by atoms with Gasteiger partial charge in [0.2, 0.25) is 5.91 Å². The zero-order chi connectivity index (χ0) is 66.1. The second kappa shape index (κ2) is 54.3. The van der Waals surface area contributed by atoms with Crippen LogP contribution in [-0.2, 0) is 33.2 Å². The third-order valence-electron chi connectivity index (χ3n) is 18.8. The highest BCUT2D eigenvalue weighted by molar-refractivity contribution is 5.76. The Hall–Kier alpha value is -1.73. The molecule has 3 aliphatic rings. The number of hydrogen-bond donors (Lipinski definition) is 12. The monoisotopic (exact) mass is 1300 g/mol. The molecule has 0 saturated carbocycles. The van der Waals surface area contributed by atoms with Gasteiger partial charge in [0, 0.05) is 6.42 Å². The molecule has 0 aliphatic carbocycles. The van der Waals surface area contributed by atoms with Crippen molar-refractivity contribution in [3.63, 3.8) is 0 Å². The van der Waals surface area contributed by atoms with E-state index in [1.165, 1.54) is 186 Å². The highest BCUT2D eigenvalue weighted by Crippen LogP contribution is 2.33. The van der Waals surface area contributed by atoms with Crippen molar-refractivity contribution in [1.82, 2.24) is 5.32 Å². The topological polar surface area (TPSA) is 307 Å². The van der Waals surface area contributed by atoms with Crippen LogP contribution in [0, 0.1) is 0 Å².